The Kier molecular flexibility index (Phi) is 6.13. The fourth-order valence-electron chi connectivity index (χ4n) is 3.63. The van der Waals surface area contributed by atoms with Crippen LogP contribution < -0.4 is 5.32 Å². The molecule has 1 amide bonds. The summed E-state index contributed by atoms with van der Waals surface area (Å²) in [5, 5.41) is 3.76. The Hall–Kier alpha value is -0.770. The fourth-order valence-corrected chi connectivity index (χ4v) is 3.63. The normalized spacial score (nSPS) is 27.2. The van der Waals surface area contributed by atoms with Crippen LogP contribution in [0.3, 0.4) is 0 Å². The average molecular weight is 310 g/mol. The van der Waals surface area contributed by atoms with Crippen LogP contribution in [0.5, 0.6) is 0 Å². The first-order valence-corrected chi connectivity index (χ1v) is 9.11. The van der Waals surface area contributed by atoms with Gasteiger partial charge in [-0.25, -0.2) is 4.79 Å². The molecular formula is C18H34N2O2. The minimum absolute atomic E-state index is 0.172. The summed E-state index contributed by atoms with van der Waals surface area (Å²) in [5.41, 5.74) is -0.398. The highest BCUT2D eigenvalue weighted by Crippen LogP contribution is 2.27. The third-order valence-electron chi connectivity index (χ3n) is 4.79. The molecule has 0 spiro atoms. The monoisotopic (exact) mass is 310 g/mol. The highest BCUT2D eigenvalue weighted by molar-refractivity contribution is 5.69. The van der Waals surface area contributed by atoms with Gasteiger partial charge in [0.25, 0.3) is 0 Å². The predicted octanol–water partition coefficient (Wildman–Crippen LogP) is 3.94. The van der Waals surface area contributed by atoms with Crippen molar-refractivity contribution in [2.24, 2.45) is 5.92 Å². The molecule has 0 aromatic rings. The maximum atomic E-state index is 11.9. The van der Waals surface area contributed by atoms with Crippen LogP contribution >= 0.6 is 0 Å². The van der Waals surface area contributed by atoms with Crippen LogP contribution in [0.25, 0.3) is 0 Å². The fraction of sp³-hybridized carbons (Fsp3) is 0.944. The number of rotatable bonds is 4. The number of nitrogens with zero attached hydrogens (tertiary/aromatic N) is 1. The Morgan fingerprint density at radius 1 is 1.14 bits per heavy atom. The average Bonchev–Trinajstić information content (AvgIpc) is 2.57. The van der Waals surface area contributed by atoms with Crippen LogP contribution in [-0.4, -0.2) is 41.8 Å². The van der Waals surface area contributed by atoms with Gasteiger partial charge in [0.15, 0.2) is 0 Å². The predicted molar refractivity (Wildman–Crippen MR) is 90.0 cm³/mol. The molecule has 2 fully saturated rings. The minimum atomic E-state index is -0.398. The smallest absolute Gasteiger partial charge is 0.410 e. The molecule has 2 unspecified atom stereocenters. The largest absolute Gasteiger partial charge is 0.444 e. The Bertz CT molecular complexity index is 359. The molecule has 1 saturated heterocycles. The summed E-state index contributed by atoms with van der Waals surface area (Å²) in [6, 6.07) is 1.10. The van der Waals surface area contributed by atoms with Crippen molar-refractivity contribution in [3.8, 4) is 0 Å². The molecule has 22 heavy (non-hydrogen) atoms. The second-order valence-corrected chi connectivity index (χ2v) is 8.11. The molecule has 2 rings (SSSR count). The molecular weight excluding hydrogens is 276 g/mol. The van der Waals surface area contributed by atoms with E-state index in [0.29, 0.717) is 12.1 Å². The maximum Gasteiger partial charge on any atom is 0.410 e. The first-order valence-electron chi connectivity index (χ1n) is 9.11. The quantitative estimate of drug-likeness (QED) is 0.800. The topological polar surface area (TPSA) is 41.6 Å². The molecule has 1 aliphatic heterocycles. The van der Waals surface area contributed by atoms with Crippen molar-refractivity contribution in [1.82, 2.24) is 10.2 Å². The van der Waals surface area contributed by atoms with Crippen LogP contribution in [0.15, 0.2) is 0 Å². The lowest BCUT2D eigenvalue weighted by Gasteiger charge is -2.41. The summed E-state index contributed by atoms with van der Waals surface area (Å²) in [6.07, 6.45) is 9.25. The number of likely N-dealkylation sites (tertiary alicyclic amines) is 1. The highest BCUT2D eigenvalue weighted by Gasteiger charge is 2.34. The van der Waals surface area contributed by atoms with Crippen LogP contribution in [0.1, 0.15) is 72.6 Å². The third kappa shape index (κ3) is 5.45. The molecule has 1 N–H and O–H groups in total. The van der Waals surface area contributed by atoms with Gasteiger partial charge in [-0.15, -0.1) is 0 Å². The summed E-state index contributed by atoms with van der Waals surface area (Å²) < 4.78 is 5.40. The van der Waals surface area contributed by atoms with Gasteiger partial charge in [-0.2, -0.15) is 0 Å². The number of hydrogen-bond acceptors (Lipinski definition) is 3. The van der Waals surface area contributed by atoms with E-state index in [4.69, 9.17) is 4.74 Å². The summed E-state index contributed by atoms with van der Waals surface area (Å²) in [5.74, 6) is 0.941. The van der Waals surface area contributed by atoms with Crippen LogP contribution in [0.4, 0.5) is 4.79 Å². The molecule has 0 aromatic heterocycles. The maximum absolute atomic E-state index is 11.9. The summed E-state index contributed by atoms with van der Waals surface area (Å²) in [7, 11) is 0. The third-order valence-corrected chi connectivity index (χ3v) is 4.79. The van der Waals surface area contributed by atoms with Gasteiger partial charge in [0, 0.05) is 25.2 Å². The number of carbonyl (C=O) groups is 1. The van der Waals surface area contributed by atoms with Gasteiger partial charge < -0.3 is 15.0 Å². The molecule has 1 aliphatic carbocycles. The molecule has 2 atom stereocenters. The van der Waals surface area contributed by atoms with Gasteiger partial charge in [0.1, 0.15) is 5.60 Å². The zero-order valence-electron chi connectivity index (χ0n) is 14.9. The van der Waals surface area contributed by atoms with E-state index < -0.39 is 5.60 Å². The van der Waals surface area contributed by atoms with E-state index in [1.807, 2.05) is 20.8 Å². The Balaban J connectivity index is 1.66. The highest BCUT2D eigenvalue weighted by atomic mass is 16.6. The molecule has 4 nitrogen and oxygen atoms in total. The van der Waals surface area contributed by atoms with Crippen molar-refractivity contribution in [2.45, 2.75) is 90.3 Å². The van der Waals surface area contributed by atoms with E-state index >= 15 is 0 Å². The van der Waals surface area contributed by atoms with Crippen molar-refractivity contribution in [3.05, 3.63) is 0 Å². The van der Waals surface area contributed by atoms with Gasteiger partial charge in [-0.3, -0.25) is 0 Å². The van der Waals surface area contributed by atoms with E-state index in [1.54, 1.807) is 4.90 Å². The standard InChI is InChI=1S/C18H34N2O2/c1-5-7-14-8-6-9-15(11-10-14)19-16-12-20(13-16)17(21)22-18(2,3)4/h14-16,19H,5-13H2,1-4H3. The van der Waals surface area contributed by atoms with Crippen LogP contribution in [-0.2, 0) is 4.74 Å². The van der Waals surface area contributed by atoms with E-state index in [1.165, 1.54) is 44.9 Å². The Labute approximate surface area is 136 Å². The molecule has 1 saturated carbocycles. The van der Waals surface area contributed by atoms with Crippen LogP contribution in [0, 0.1) is 5.92 Å². The van der Waals surface area contributed by atoms with Crippen molar-refractivity contribution in [2.75, 3.05) is 13.1 Å². The Morgan fingerprint density at radius 3 is 2.50 bits per heavy atom. The van der Waals surface area contributed by atoms with E-state index in [-0.39, 0.29) is 6.09 Å². The summed E-state index contributed by atoms with van der Waals surface area (Å²) >= 11 is 0. The number of amides is 1. The van der Waals surface area contributed by atoms with Crippen molar-refractivity contribution < 1.29 is 9.53 Å². The lowest BCUT2D eigenvalue weighted by atomic mass is 9.95. The minimum Gasteiger partial charge on any atom is -0.444 e. The number of carbonyl (C=O) groups excluding carboxylic acids is 1. The second kappa shape index (κ2) is 7.67. The van der Waals surface area contributed by atoms with Crippen molar-refractivity contribution in [3.63, 3.8) is 0 Å². The molecule has 0 aromatic carbocycles. The van der Waals surface area contributed by atoms with Gasteiger partial charge >= 0.3 is 6.09 Å². The summed E-state index contributed by atoms with van der Waals surface area (Å²) in [4.78, 5) is 13.7. The van der Waals surface area contributed by atoms with E-state index in [2.05, 4.69) is 12.2 Å². The van der Waals surface area contributed by atoms with Crippen molar-refractivity contribution >= 4 is 6.09 Å². The zero-order chi connectivity index (χ0) is 16.2. The molecule has 128 valence electrons. The number of hydrogen-bond donors (Lipinski definition) is 1. The van der Waals surface area contributed by atoms with Gasteiger partial charge in [0.05, 0.1) is 0 Å². The first kappa shape index (κ1) is 17.6. The van der Waals surface area contributed by atoms with E-state index in [9.17, 15) is 4.79 Å². The molecule has 4 heteroatoms. The van der Waals surface area contributed by atoms with Crippen LogP contribution in [0.2, 0.25) is 0 Å². The summed E-state index contributed by atoms with van der Waals surface area (Å²) in [6.45, 7) is 9.63. The second-order valence-electron chi connectivity index (χ2n) is 8.11. The SMILES string of the molecule is CCCC1CCCC(NC2CN(C(=O)OC(C)(C)C)C2)CC1. The number of ether oxygens (including phenoxy) is 1. The lowest BCUT2D eigenvalue weighted by Crippen LogP contribution is -2.62. The molecule has 0 radical (unpaired) electrons. The van der Waals surface area contributed by atoms with E-state index in [0.717, 1.165) is 19.0 Å². The Morgan fingerprint density at radius 2 is 1.86 bits per heavy atom. The molecule has 1 heterocycles. The number of nitrogens with one attached hydrogen (secondary N) is 1. The van der Waals surface area contributed by atoms with Gasteiger partial charge in [-0.05, 0) is 46.0 Å². The molecule has 2 aliphatic rings. The zero-order valence-corrected chi connectivity index (χ0v) is 14.9. The lowest BCUT2D eigenvalue weighted by molar-refractivity contribution is 0.00395. The van der Waals surface area contributed by atoms with Gasteiger partial charge in [-0.1, -0.05) is 32.6 Å². The first-order chi connectivity index (χ1) is 10.4. The van der Waals surface area contributed by atoms with Gasteiger partial charge in [0.2, 0.25) is 0 Å². The van der Waals surface area contributed by atoms with Crippen molar-refractivity contribution in [1.29, 1.82) is 0 Å². The molecule has 0 bridgehead atoms.